The summed E-state index contributed by atoms with van der Waals surface area (Å²) >= 11 is 0. The van der Waals surface area contributed by atoms with Crippen LogP contribution in [0.2, 0.25) is 0 Å². The predicted octanol–water partition coefficient (Wildman–Crippen LogP) is 0.959. The molecule has 0 heterocycles. The summed E-state index contributed by atoms with van der Waals surface area (Å²) in [7, 11) is 2.08. The van der Waals surface area contributed by atoms with Crippen molar-refractivity contribution in [3.63, 3.8) is 0 Å². The summed E-state index contributed by atoms with van der Waals surface area (Å²) < 4.78 is 0. The van der Waals surface area contributed by atoms with E-state index in [1.165, 1.54) is 19.3 Å². The molecule has 3 heteroatoms. The van der Waals surface area contributed by atoms with E-state index in [0.29, 0.717) is 6.04 Å². The molecule has 0 aliphatic heterocycles. The van der Waals surface area contributed by atoms with Gasteiger partial charge in [-0.2, -0.15) is 0 Å². The van der Waals surface area contributed by atoms with Gasteiger partial charge >= 0.3 is 0 Å². The molecular formula is C11H24N2O. The third-order valence-corrected chi connectivity index (χ3v) is 3.62. The van der Waals surface area contributed by atoms with Gasteiger partial charge in [0.1, 0.15) is 0 Å². The van der Waals surface area contributed by atoms with Gasteiger partial charge in [0.05, 0.1) is 6.61 Å². The van der Waals surface area contributed by atoms with Gasteiger partial charge in [-0.15, -0.1) is 0 Å². The van der Waals surface area contributed by atoms with Gasteiger partial charge in [0.15, 0.2) is 0 Å². The van der Waals surface area contributed by atoms with E-state index in [-0.39, 0.29) is 18.2 Å². The van der Waals surface area contributed by atoms with Gasteiger partial charge in [-0.1, -0.05) is 12.8 Å². The number of rotatable bonds is 3. The Balaban J connectivity index is 2.62. The first-order valence-corrected chi connectivity index (χ1v) is 5.58. The van der Waals surface area contributed by atoms with Crippen LogP contribution in [0.3, 0.4) is 0 Å². The van der Waals surface area contributed by atoms with Crippen molar-refractivity contribution < 1.29 is 5.11 Å². The summed E-state index contributed by atoms with van der Waals surface area (Å²) in [6, 6.07) is 0.713. The van der Waals surface area contributed by atoms with E-state index in [4.69, 9.17) is 5.73 Å². The minimum atomic E-state index is -0.153. The number of nitrogens with zero attached hydrogens (tertiary/aromatic N) is 1. The molecule has 84 valence electrons. The van der Waals surface area contributed by atoms with Gasteiger partial charge in [0, 0.05) is 17.6 Å². The van der Waals surface area contributed by atoms with Crippen molar-refractivity contribution in [3.05, 3.63) is 0 Å². The summed E-state index contributed by atoms with van der Waals surface area (Å²) in [4.78, 5) is 2.25. The number of hydrogen-bond donors (Lipinski definition) is 2. The fourth-order valence-corrected chi connectivity index (χ4v) is 2.18. The molecule has 1 aliphatic carbocycles. The Hall–Kier alpha value is -0.120. The molecule has 0 aromatic carbocycles. The van der Waals surface area contributed by atoms with Gasteiger partial charge in [0.25, 0.3) is 0 Å². The van der Waals surface area contributed by atoms with Crippen LogP contribution in [0.5, 0.6) is 0 Å². The number of hydrogen-bond acceptors (Lipinski definition) is 3. The van der Waals surface area contributed by atoms with Crippen LogP contribution in [-0.2, 0) is 0 Å². The fourth-order valence-electron chi connectivity index (χ4n) is 2.18. The maximum absolute atomic E-state index is 9.30. The van der Waals surface area contributed by atoms with Crippen molar-refractivity contribution in [2.75, 3.05) is 13.7 Å². The van der Waals surface area contributed by atoms with E-state index in [2.05, 4.69) is 25.8 Å². The minimum absolute atomic E-state index is 0.153. The molecule has 1 aliphatic rings. The van der Waals surface area contributed by atoms with Crippen LogP contribution in [0.25, 0.3) is 0 Å². The zero-order chi connectivity index (χ0) is 10.8. The Morgan fingerprint density at radius 1 is 1.36 bits per heavy atom. The first-order chi connectivity index (χ1) is 6.49. The number of nitrogens with two attached hydrogens (primary N) is 1. The number of aliphatic hydroxyl groups is 1. The Bertz CT molecular complexity index is 182. The highest BCUT2D eigenvalue weighted by Crippen LogP contribution is 2.25. The highest BCUT2D eigenvalue weighted by atomic mass is 16.3. The average Bonchev–Trinajstić information content (AvgIpc) is 2.17. The lowest BCUT2D eigenvalue weighted by Crippen LogP contribution is -2.57. The van der Waals surface area contributed by atoms with E-state index in [1.54, 1.807) is 0 Å². The van der Waals surface area contributed by atoms with Crippen LogP contribution in [0, 0.1) is 0 Å². The molecule has 3 N–H and O–H groups in total. The zero-order valence-electron chi connectivity index (χ0n) is 9.66. The molecule has 0 spiro atoms. The molecule has 0 aromatic heterocycles. The molecule has 0 amide bonds. The smallest absolute Gasteiger partial charge is 0.0610 e. The van der Waals surface area contributed by atoms with E-state index < -0.39 is 0 Å². The standard InChI is InChI=1S/C11H24N2O/c1-11(2,8-14)13(3)10-7-5-4-6-9(10)12/h9-10,14H,4-8,12H2,1-3H3. The van der Waals surface area contributed by atoms with Crippen LogP contribution in [0.15, 0.2) is 0 Å². The fraction of sp³-hybridized carbons (Fsp3) is 1.00. The Kier molecular flexibility index (Phi) is 3.93. The molecule has 1 saturated carbocycles. The first-order valence-electron chi connectivity index (χ1n) is 5.58. The minimum Gasteiger partial charge on any atom is -0.394 e. The molecule has 1 rings (SSSR count). The lowest BCUT2D eigenvalue weighted by Gasteiger charge is -2.44. The lowest BCUT2D eigenvalue weighted by molar-refractivity contribution is 0.0241. The largest absolute Gasteiger partial charge is 0.394 e. The van der Waals surface area contributed by atoms with Gasteiger partial charge < -0.3 is 10.8 Å². The second kappa shape index (κ2) is 4.60. The summed E-state index contributed by atoms with van der Waals surface area (Å²) in [6.45, 7) is 4.31. The summed E-state index contributed by atoms with van der Waals surface area (Å²) in [6.07, 6.45) is 4.81. The normalized spacial score (nSPS) is 29.6. The Morgan fingerprint density at radius 3 is 2.43 bits per heavy atom. The topological polar surface area (TPSA) is 49.5 Å². The molecule has 0 aromatic rings. The SMILES string of the molecule is CN(C1CCCCC1N)C(C)(C)CO. The van der Waals surface area contributed by atoms with Crippen LogP contribution in [0.4, 0.5) is 0 Å². The van der Waals surface area contributed by atoms with Crippen LogP contribution >= 0.6 is 0 Å². The summed E-state index contributed by atoms with van der Waals surface area (Å²) in [5.74, 6) is 0. The summed E-state index contributed by atoms with van der Waals surface area (Å²) in [5.41, 5.74) is 5.95. The van der Waals surface area contributed by atoms with Crippen molar-refractivity contribution in [1.29, 1.82) is 0 Å². The third kappa shape index (κ3) is 2.47. The molecule has 2 unspecified atom stereocenters. The van der Waals surface area contributed by atoms with Gasteiger partial charge in [-0.05, 0) is 33.7 Å². The molecule has 3 nitrogen and oxygen atoms in total. The van der Waals surface area contributed by atoms with Crippen molar-refractivity contribution in [3.8, 4) is 0 Å². The zero-order valence-corrected chi connectivity index (χ0v) is 9.66. The second-order valence-electron chi connectivity index (χ2n) is 5.10. The van der Waals surface area contributed by atoms with Gasteiger partial charge in [-0.25, -0.2) is 0 Å². The average molecular weight is 200 g/mol. The van der Waals surface area contributed by atoms with Gasteiger partial charge in [-0.3, -0.25) is 4.90 Å². The molecule has 0 bridgehead atoms. The quantitative estimate of drug-likeness (QED) is 0.713. The number of aliphatic hydroxyl groups excluding tert-OH is 1. The second-order valence-corrected chi connectivity index (χ2v) is 5.10. The molecule has 1 fully saturated rings. The molecule has 0 radical (unpaired) electrons. The van der Waals surface area contributed by atoms with Crippen molar-refractivity contribution in [1.82, 2.24) is 4.90 Å². The number of likely N-dealkylation sites (N-methyl/N-ethyl adjacent to an activating group) is 1. The van der Waals surface area contributed by atoms with Crippen molar-refractivity contribution in [2.45, 2.75) is 57.2 Å². The lowest BCUT2D eigenvalue weighted by atomic mass is 9.87. The van der Waals surface area contributed by atoms with Crippen LogP contribution < -0.4 is 5.73 Å². The van der Waals surface area contributed by atoms with E-state index in [0.717, 1.165) is 6.42 Å². The van der Waals surface area contributed by atoms with E-state index >= 15 is 0 Å². The van der Waals surface area contributed by atoms with Gasteiger partial charge in [0.2, 0.25) is 0 Å². The highest BCUT2D eigenvalue weighted by molar-refractivity contribution is 4.91. The molecule has 2 atom stereocenters. The predicted molar refractivity (Wildman–Crippen MR) is 59.2 cm³/mol. The monoisotopic (exact) mass is 200 g/mol. The maximum Gasteiger partial charge on any atom is 0.0610 e. The molecule has 0 saturated heterocycles. The third-order valence-electron chi connectivity index (χ3n) is 3.62. The highest BCUT2D eigenvalue weighted by Gasteiger charge is 2.33. The summed E-state index contributed by atoms with van der Waals surface area (Å²) in [5, 5.41) is 9.30. The van der Waals surface area contributed by atoms with E-state index in [1.807, 2.05) is 0 Å². The van der Waals surface area contributed by atoms with Crippen LogP contribution in [-0.4, -0.2) is 41.3 Å². The Labute approximate surface area is 87.3 Å². The molecular weight excluding hydrogens is 176 g/mol. The van der Waals surface area contributed by atoms with Crippen molar-refractivity contribution >= 4 is 0 Å². The van der Waals surface area contributed by atoms with Crippen LogP contribution in [0.1, 0.15) is 39.5 Å². The van der Waals surface area contributed by atoms with E-state index in [9.17, 15) is 5.11 Å². The molecule has 14 heavy (non-hydrogen) atoms. The maximum atomic E-state index is 9.30. The van der Waals surface area contributed by atoms with Crippen molar-refractivity contribution in [2.24, 2.45) is 5.73 Å². The first kappa shape index (κ1) is 12.0. The Morgan fingerprint density at radius 2 is 1.93 bits per heavy atom.